The maximum Gasteiger partial charge on any atom is 0.220 e. The van der Waals surface area contributed by atoms with E-state index in [2.05, 4.69) is 11.6 Å². The average Bonchev–Trinajstić information content (AvgIpc) is 2.62. The van der Waals surface area contributed by atoms with Crippen LogP contribution in [0.5, 0.6) is 5.75 Å². The molecule has 0 bridgehead atoms. The second-order valence-electron chi connectivity index (χ2n) is 4.82. The van der Waals surface area contributed by atoms with Crippen LogP contribution in [0.25, 0.3) is 0 Å². The molecule has 0 radical (unpaired) electrons. The van der Waals surface area contributed by atoms with E-state index in [1.54, 1.807) is 6.08 Å². The molecule has 0 fully saturated rings. The van der Waals surface area contributed by atoms with E-state index in [-0.39, 0.29) is 11.3 Å². The van der Waals surface area contributed by atoms with Gasteiger partial charge in [-0.2, -0.15) is 0 Å². The summed E-state index contributed by atoms with van der Waals surface area (Å²) in [5.41, 5.74) is 1.29. The number of hydrogen-bond donors (Lipinski definition) is 1. The molecule has 0 saturated heterocycles. The van der Waals surface area contributed by atoms with Crippen LogP contribution in [0.15, 0.2) is 35.8 Å². The van der Waals surface area contributed by atoms with Crippen molar-refractivity contribution in [3.05, 3.63) is 42.0 Å². The van der Waals surface area contributed by atoms with Gasteiger partial charge in [0.2, 0.25) is 5.90 Å². The number of rotatable bonds is 3. The van der Waals surface area contributed by atoms with Gasteiger partial charge in [0, 0.05) is 0 Å². The molecule has 1 aliphatic heterocycles. The number of aromatic hydroxyl groups is 1. The molecule has 1 aromatic carbocycles. The number of ether oxygens (including phenoxy) is 1. The van der Waals surface area contributed by atoms with Crippen LogP contribution < -0.4 is 0 Å². The smallest absolute Gasteiger partial charge is 0.220 e. The molecule has 1 N–H and O–H groups in total. The average molecular weight is 231 g/mol. The SMILES string of the molecule is C=CCc1cccc(C2=NC(C)(C)CO2)c1O. The summed E-state index contributed by atoms with van der Waals surface area (Å²) >= 11 is 0. The number of benzene rings is 1. The Bertz CT molecular complexity index is 475. The zero-order chi connectivity index (χ0) is 12.5. The van der Waals surface area contributed by atoms with Gasteiger partial charge in [-0.25, -0.2) is 4.99 Å². The molecule has 1 heterocycles. The van der Waals surface area contributed by atoms with E-state index in [4.69, 9.17) is 4.74 Å². The second kappa shape index (κ2) is 4.24. The zero-order valence-electron chi connectivity index (χ0n) is 10.2. The molecule has 17 heavy (non-hydrogen) atoms. The van der Waals surface area contributed by atoms with Crippen LogP contribution >= 0.6 is 0 Å². The van der Waals surface area contributed by atoms with Crippen LogP contribution in [0.4, 0.5) is 0 Å². The Kier molecular flexibility index (Phi) is 2.92. The number of hydrogen-bond acceptors (Lipinski definition) is 3. The molecule has 0 saturated carbocycles. The summed E-state index contributed by atoms with van der Waals surface area (Å²) in [6, 6.07) is 5.59. The molecule has 1 aromatic rings. The molecule has 1 aliphatic rings. The van der Waals surface area contributed by atoms with Gasteiger partial charge >= 0.3 is 0 Å². The Labute approximate surface area is 101 Å². The maximum absolute atomic E-state index is 10.1. The fraction of sp³-hybridized carbons (Fsp3) is 0.357. The van der Waals surface area contributed by atoms with Crippen molar-refractivity contribution in [1.82, 2.24) is 0 Å². The summed E-state index contributed by atoms with van der Waals surface area (Å²) in [6.07, 6.45) is 2.40. The molecule has 90 valence electrons. The van der Waals surface area contributed by atoms with Gasteiger partial charge in [-0.15, -0.1) is 6.58 Å². The second-order valence-corrected chi connectivity index (χ2v) is 4.82. The van der Waals surface area contributed by atoms with Crippen LogP contribution in [-0.2, 0) is 11.2 Å². The maximum atomic E-state index is 10.1. The third-order valence-corrected chi connectivity index (χ3v) is 2.68. The minimum absolute atomic E-state index is 0.212. The monoisotopic (exact) mass is 231 g/mol. The van der Waals surface area contributed by atoms with E-state index in [1.165, 1.54) is 0 Å². The quantitative estimate of drug-likeness (QED) is 0.813. The van der Waals surface area contributed by atoms with Crippen LogP contribution in [-0.4, -0.2) is 23.2 Å². The lowest BCUT2D eigenvalue weighted by molar-refractivity contribution is 0.279. The van der Waals surface area contributed by atoms with Crippen LogP contribution in [0, 0.1) is 0 Å². The predicted molar refractivity (Wildman–Crippen MR) is 68.6 cm³/mol. The highest BCUT2D eigenvalue weighted by Gasteiger charge is 2.28. The Morgan fingerprint density at radius 2 is 2.29 bits per heavy atom. The Morgan fingerprint density at radius 1 is 1.53 bits per heavy atom. The number of nitrogens with zero attached hydrogens (tertiary/aromatic N) is 1. The summed E-state index contributed by atoms with van der Waals surface area (Å²) in [6.45, 7) is 8.23. The Hall–Kier alpha value is -1.77. The highest BCUT2D eigenvalue weighted by Crippen LogP contribution is 2.28. The van der Waals surface area contributed by atoms with Crippen LogP contribution in [0.1, 0.15) is 25.0 Å². The fourth-order valence-corrected chi connectivity index (χ4v) is 1.81. The molecule has 0 atom stereocenters. The van der Waals surface area contributed by atoms with Crippen molar-refractivity contribution in [3.63, 3.8) is 0 Å². The van der Waals surface area contributed by atoms with Gasteiger partial charge in [0.25, 0.3) is 0 Å². The molecule has 0 spiro atoms. The normalized spacial score (nSPS) is 17.4. The first-order valence-corrected chi connectivity index (χ1v) is 5.68. The minimum atomic E-state index is -0.212. The van der Waals surface area contributed by atoms with Gasteiger partial charge in [0.05, 0.1) is 11.1 Å². The first kappa shape index (κ1) is 11.7. The number of allylic oxidation sites excluding steroid dienone is 1. The lowest BCUT2D eigenvalue weighted by Gasteiger charge is -2.08. The highest BCUT2D eigenvalue weighted by atomic mass is 16.5. The number of phenols is 1. The van der Waals surface area contributed by atoms with Crippen molar-refractivity contribution in [2.45, 2.75) is 25.8 Å². The van der Waals surface area contributed by atoms with Gasteiger partial charge in [0.15, 0.2) is 0 Å². The van der Waals surface area contributed by atoms with E-state index in [0.717, 1.165) is 5.56 Å². The van der Waals surface area contributed by atoms with Crippen molar-refractivity contribution in [3.8, 4) is 5.75 Å². The summed E-state index contributed by atoms with van der Waals surface area (Å²) in [5.74, 6) is 0.766. The largest absolute Gasteiger partial charge is 0.507 e. The summed E-state index contributed by atoms with van der Waals surface area (Å²) in [4.78, 5) is 4.46. The van der Waals surface area contributed by atoms with E-state index < -0.39 is 0 Å². The molecular weight excluding hydrogens is 214 g/mol. The number of aliphatic imine (C=N–C) groups is 1. The standard InChI is InChI=1S/C14H17NO2/c1-4-6-10-7-5-8-11(12(10)16)13-15-14(2,3)9-17-13/h4-5,7-8,16H,1,6,9H2,2-3H3. The first-order chi connectivity index (χ1) is 8.03. The summed E-state index contributed by atoms with van der Waals surface area (Å²) < 4.78 is 5.53. The van der Waals surface area contributed by atoms with E-state index in [1.807, 2.05) is 32.0 Å². The predicted octanol–water partition coefficient (Wildman–Crippen LogP) is 2.68. The number of para-hydroxylation sites is 1. The highest BCUT2D eigenvalue weighted by molar-refractivity contribution is 5.98. The van der Waals surface area contributed by atoms with Gasteiger partial charge in [0.1, 0.15) is 12.4 Å². The van der Waals surface area contributed by atoms with Crippen LogP contribution in [0.2, 0.25) is 0 Å². The van der Waals surface area contributed by atoms with E-state index in [0.29, 0.717) is 24.5 Å². The minimum Gasteiger partial charge on any atom is -0.507 e. The molecule has 0 aromatic heterocycles. The van der Waals surface area contributed by atoms with E-state index >= 15 is 0 Å². The van der Waals surface area contributed by atoms with Crippen molar-refractivity contribution in [2.24, 2.45) is 4.99 Å². The van der Waals surface area contributed by atoms with Crippen molar-refractivity contribution < 1.29 is 9.84 Å². The molecular formula is C14H17NO2. The Morgan fingerprint density at radius 3 is 2.88 bits per heavy atom. The van der Waals surface area contributed by atoms with Crippen molar-refractivity contribution in [2.75, 3.05) is 6.61 Å². The van der Waals surface area contributed by atoms with Gasteiger partial charge in [-0.1, -0.05) is 18.2 Å². The van der Waals surface area contributed by atoms with Gasteiger partial charge < -0.3 is 9.84 Å². The summed E-state index contributed by atoms with van der Waals surface area (Å²) in [7, 11) is 0. The van der Waals surface area contributed by atoms with Crippen LogP contribution in [0.3, 0.4) is 0 Å². The van der Waals surface area contributed by atoms with E-state index in [9.17, 15) is 5.11 Å². The first-order valence-electron chi connectivity index (χ1n) is 5.68. The molecule has 2 rings (SSSR count). The zero-order valence-corrected chi connectivity index (χ0v) is 10.2. The van der Waals surface area contributed by atoms with Crippen molar-refractivity contribution >= 4 is 5.90 Å². The Balaban J connectivity index is 2.40. The number of phenolic OH excluding ortho intramolecular Hbond substituents is 1. The van der Waals surface area contributed by atoms with Gasteiger partial charge in [-0.05, 0) is 31.9 Å². The lowest BCUT2D eigenvalue weighted by atomic mass is 10.1. The molecule has 3 heteroatoms. The topological polar surface area (TPSA) is 41.8 Å². The molecule has 3 nitrogen and oxygen atoms in total. The van der Waals surface area contributed by atoms with Gasteiger partial charge in [-0.3, -0.25) is 0 Å². The molecule has 0 unspecified atom stereocenters. The fourth-order valence-electron chi connectivity index (χ4n) is 1.81. The third-order valence-electron chi connectivity index (χ3n) is 2.68. The lowest BCUT2D eigenvalue weighted by Crippen LogP contribution is -2.17. The summed E-state index contributed by atoms with van der Waals surface area (Å²) in [5, 5.41) is 10.1. The molecule has 0 aliphatic carbocycles. The van der Waals surface area contributed by atoms with Crippen molar-refractivity contribution in [1.29, 1.82) is 0 Å². The third kappa shape index (κ3) is 2.33. The molecule has 0 amide bonds.